The van der Waals surface area contributed by atoms with Gasteiger partial charge < -0.3 is 4.90 Å². The van der Waals surface area contributed by atoms with Gasteiger partial charge >= 0.3 is 0 Å². The second-order valence-electron chi connectivity index (χ2n) is 5.58. The lowest BCUT2D eigenvalue weighted by Crippen LogP contribution is -2.33. The van der Waals surface area contributed by atoms with E-state index < -0.39 is 0 Å². The predicted octanol–water partition coefficient (Wildman–Crippen LogP) is 6.50. The van der Waals surface area contributed by atoms with E-state index in [9.17, 15) is 0 Å². The maximum Gasteiger partial charge on any atom is 0.00299 e. The highest BCUT2D eigenvalue weighted by molar-refractivity contribution is 4.99. The lowest BCUT2D eigenvalue weighted by molar-refractivity contribution is 0.199. The van der Waals surface area contributed by atoms with E-state index in [0.29, 0.717) is 5.41 Å². The number of nitrogens with zero attached hydrogens (tertiary/aromatic N) is 1. The van der Waals surface area contributed by atoms with Crippen LogP contribution >= 0.6 is 0 Å². The Labute approximate surface area is 135 Å². The van der Waals surface area contributed by atoms with E-state index in [0.717, 1.165) is 0 Å². The third kappa shape index (κ3) is 24.6. The smallest absolute Gasteiger partial charge is 0.00299 e. The Balaban J connectivity index is -0.000000271. The highest BCUT2D eigenvalue weighted by Gasteiger charge is 2.13. The second-order valence-corrected chi connectivity index (χ2v) is 5.58. The third-order valence-electron chi connectivity index (χ3n) is 2.35. The molecule has 0 radical (unpaired) electrons. The van der Waals surface area contributed by atoms with Crippen molar-refractivity contribution in [2.45, 2.75) is 68.7 Å². The molecular formula is C20H41N. The van der Waals surface area contributed by atoms with E-state index >= 15 is 0 Å². The monoisotopic (exact) mass is 295 g/mol. The molecule has 0 aromatic heterocycles. The van der Waals surface area contributed by atoms with E-state index in [-0.39, 0.29) is 0 Å². The molecule has 1 heteroatoms. The van der Waals surface area contributed by atoms with Gasteiger partial charge in [-0.3, -0.25) is 0 Å². The molecule has 0 saturated carbocycles. The molecule has 0 aliphatic rings. The summed E-state index contributed by atoms with van der Waals surface area (Å²) in [7, 11) is 0. The van der Waals surface area contributed by atoms with Crippen molar-refractivity contribution in [2.24, 2.45) is 5.41 Å². The van der Waals surface area contributed by atoms with Crippen molar-refractivity contribution >= 4 is 0 Å². The maximum absolute atomic E-state index is 2.51. The average molecular weight is 296 g/mol. The Hall–Kier alpha value is -0.820. The summed E-state index contributed by atoms with van der Waals surface area (Å²) in [4.78, 5) is 2.51. The van der Waals surface area contributed by atoms with Crippen LogP contribution < -0.4 is 0 Å². The summed E-state index contributed by atoms with van der Waals surface area (Å²) >= 11 is 0. The van der Waals surface area contributed by atoms with Crippen molar-refractivity contribution in [2.75, 3.05) is 19.6 Å². The van der Waals surface area contributed by atoms with Crippen LogP contribution in [-0.2, 0) is 0 Å². The highest BCUT2D eigenvalue weighted by atomic mass is 15.1. The first kappa shape index (κ1) is 25.2. The fourth-order valence-electron chi connectivity index (χ4n) is 1.72. The summed E-state index contributed by atoms with van der Waals surface area (Å²) in [6, 6.07) is 12.0. The number of benzene rings is 1. The van der Waals surface area contributed by atoms with Gasteiger partial charge in [0.1, 0.15) is 0 Å². The Morgan fingerprint density at radius 1 is 0.714 bits per heavy atom. The van der Waals surface area contributed by atoms with Crippen molar-refractivity contribution in [3.8, 4) is 0 Å². The van der Waals surface area contributed by atoms with Crippen molar-refractivity contribution < 1.29 is 0 Å². The number of rotatable bonds is 4. The first-order valence-electron chi connectivity index (χ1n) is 8.72. The van der Waals surface area contributed by atoms with Gasteiger partial charge in [0.15, 0.2) is 0 Å². The maximum atomic E-state index is 2.51. The molecule has 0 atom stereocenters. The van der Waals surface area contributed by atoms with Gasteiger partial charge in [0.05, 0.1) is 0 Å². The summed E-state index contributed by atoms with van der Waals surface area (Å²) in [5.74, 6) is 0. The van der Waals surface area contributed by atoms with Crippen LogP contribution in [0.3, 0.4) is 0 Å². The van der Waals surface area contributed by atoms with Crippen molar-refractivity contribution in [3.05, 3.63) is 36.4 Å². The molecule has 1 nitrogen and oxygen atoms in total. The molecule has 0 aliphatic heterocycles. The lowest BCUT2D eigenvalue weighted by Gasteiger charge is -2.28. The van der Waals surface area contributed by atoms with Gasteiger partial charge in [-0.15, -0.1) is 0 Å². The molecule has 0 spiro atoms. The zero-order valence-electron chi connectivity index (χ0n) is 16.2. The molecule has 0 saturated heterocycles. The Morgan fingerprint density at radius 3 is 1.24 bits per heavy atom. The summed E-state index contributed by atoms with van der Waals surface area (Å²) < 4.78 is 0. The molecule has 0 bridgehead atoms. The van der Waals surface area contributed by atoms with Crippen LogP contribution in [0.4, 0.5) is 0 Å². The molecule has 1 rings (SSSR count). The topological polar surface area (TPSA) is 3.24 Å². The van der Waals surface area contributed by atoms with E-state index in [1.807, 2.05) is 64.1 Å². The quantitative estimate of drug-likeness (QED) is 0.612. The first-order chi connectivity index (χ1) is 9.99. The van der Waals surface area contributed by atoms with Crippen LogP contribution in [0.2, 0.25) is 0 Å². The zero-order chi connectivity index (χ0) is 17.1. The minimum absolute atomic E-state index is 0.450. The Morgan fingerprint density at radius 2 is 1.05 bits per heavy atom. The summed E-state index contributed by atoms with van der Waals surface area (Å²) in [5.41, 5.74) is 0.450. The molecule has 0 heterocycles. The van der Waals surface area contributed by atoms with Gasteiger partial charge in [0.25, 0.3) is 0 Å². The molecule has 0 unspecified atom stereocenters. The van der Waals surface area contributed by atoms with Crippen LogP contribution in [0, 0.1) is 5.41 Å². The third-order valence-corrected chi connectivity index (χ3v) is 2.35. The SMILES string of the molecule is CC.CC.CCCN(CC)CC(C)(C)C.c1ccccc1. The first-order valence-corrected chi connectivity index (χ1v) is 8.72. The fourth-order valence-corrected chi connectivity index (χ4v) is 1.72. The summed E-state index contributed by atoms with van der Waals surface area (Å²) in [6.45, 7) is 23.0. The van der Waals surface area contributed by atoms with Gasteiger partial charge in [0.2, 0.25) is 0 Å². The van der Waals surface area contributed by atoms with Gasteiger partial charge in [0, 0.05) is 6.54 Å². The second kappa shape index (κ2) is 19.2. The number of hydrogen-bond donors (Lipinski definition) is 0. The molecule has 1 aromatic rings. The molecular weight excluding hydrogens is 254 g/mol. The molecule has 1 aromatic carbocycles. The number of hydrogen-bond acceptors (Lipinski definition) is 1. The fraction of sp³-hybridized carbons (Fsp3) is 0.700. The van der Waals surface area contributed by atoms with Crippen molar-refractivity contribution in [1.29, 1.82) is 0 Å². The summed E-state index contributed by atoms with van der Waals surface area (Å²) in [6.07, 6.45) is 1.27. The largest absolute Gasteiger partial charge is 0.303 e. The molecule has 0 amide bonds. The molecule has 0 N–H and O–H groups in total. The van der Waals surface area contributed by atoms with Crippen LogP contribution in [0.15, 0.2) is 36.4 Å². The van der Waals surface area contributed by atoms with Crippen LogP contribution in [0.1, 0.15) is 68.7 Å². The van der Waals surface area contributed by atoms with Gasteiger partial charge in [-0.05, 0) is 24.9 Å². The van der Waals surface area contributed by atoms with Crippen molar-refractivity contribution in [1.82, 2.24) is 4.90 Å². The van der Waals surface area contributed by atoms with E-state index in [2.05, 4.69) is 39.5 Å². The standard InChI is InChI=1S/C10H23N.C6H6.2C2H6/c1-6-8-11(7-2)9-10(3,4)5;1-2-4-6-5-3-1;2*1-2/h6-9H2,1-5H3;1-6H;2*1-2H3. The zero-order valence-corrected chi connectivity index (χ0v) is 16.2. The van der Waals surface area contributed by atoms with Crippen LogP contribution in [-0.4, -0.2) is 24.5 Å². The summed E-state index contributed by atoms with van der Waals surface area (Å²) in [5, 5.41) is 0. The average Bonchev–Trinajstić information content (AvgIpc) is 2.52. The van der Waals surface area contributed by atoms with Crippen LogP contribution in [0.25, 0.3) is 0 Å². The minimum atomic E-state index is 0.450. The predicted molar refractivity (Wildman–Crippen MR) is 101 cm³/mol. The molecule has 21 heavy (non-hydrogen) atoms. The van der Waals surface area contributed by atoms with E-state index in [1.54, 1.807) is 0 Å². The highest BCUT2D eigenvalue weighted by Crippen LogP contribution is 2.14. The Kier molecular flexibility index (Phi) is 23.0. The molecule has 126 valence electrons. The van der Waals surface area contributed by atoms with Crippen molar-refractivity contribution in [3.63, 3.8) is 0 Å². The Bertz CT molecular complexity index is 222. The molecule has 0 aliphatic carbocycles. The van der Waals surface area contributed by atoms with Gasteiger partial charge in [-0.2, -0.15) is 0 Å². The van der Waals surface area contributed by atoms with Gasteiger partial charge in [-0.1, -0.05) is 98.7 Å². The van der Waals surface area contributed by atoms with E-state index in [1.165, 1.54) is 26.1 Å². The lowest BCUT2D eigenvalue weighted by atomic mass is 9.96. The van der Waals surface area contributed by atoms with Gasteiger partial charge in [-0.25, -0.2) is 0 Å². The van der Waals surface area contributed by atoms with E-state index in [4.69, 9.17) is 0 Å². The van der Waals surface area contributed by atoms with Crippen LogP contribution in [0.5, 0.6) is 0 Å². The minimum Gasteiger partial charge on any atom is -0.303 e. The molecule has 0 fully saturated rings. The normalized spacial score (nSPS) is 9.43.